The second-order valence-electron chi connectivity index (χ2n) is 7.77. The van der Waals surface area contributed by atoms with Gasteiger partial charge in [-0.25, -0.2) is 19.6 Å². The Bertz CT molecular complexity index is 1220. The zero-order chi connectivity index (χ0) is 22.1. The summed E-state index contributed by atoms with van der Waals surface area (Å²) in [6.45, 7) is 6.48. The molecule has 4 heterocycles. The van der Waals surface area contributed by atoms with Crippen molar-refractivity contribution >= 4 is 11.7 Å². The van der Waals surface area contributed by atoms with Crippen molar-refractivity contribution in [3.63, 3.8) is 0 Å². The van der Waals surface area contributed by atoms with Crippen molar-refractivity contribution in [2.24, 2.45) is 0 Å². The molecule has 9 nitrogen and oxygen atoms in total. The molecular weight excluding hydrogens is 404 g/mol. The molecule has 162 valence electrons. The highest BCUT2D eigenvalue weighted by Crippen LogP contribution is 2.20. The van der Waals surface area contributed by atoms with E-state index in [1.807, 2.05) is 70.6 Å². The lowest BCUT2D eigenvalue weighted by Gasteiger charge is -2.35. The van der Waals surface area contributed by atoms with Gasteiger partial charge in [0, 0.05) is 44.6 Å². The number of aromatic nitrogens is 6. The molecule has 1 aliphatic heterocycles. The molecule has 1 aromatic carbocycles. The van der Waals surface area contributed by atoms with Gasteiger partial charge in [0.25, 0.3) is 5.91 Å². The topological polar surface area (TPSA) is 85.0 Å². The lowest BCUT2D eigenvalue weighted by atomic mass is 10.2. The van der Waals surface area contributed by atoms with Crippen LogP contribution < -0.4 is 4.90 Å². The maximum Gasteiger partial charge on any atom is 0.257 e. The zero-order valence-electron chi connectivity index (χ0n) is 18.1. The highest BCUT2D eigenvalue weighted by Gasteiger charge is 2.26. The van der Waals surface area contributed by atoms with Crippen LogP contribution >= 0.6 is 0 Å². The van der Waals surface area contributed by atoms with Crippen molar-refractivity contribution in [1.82, 2.24) is 34.2 Å². The van der Waals surface area contributed by atoms with Crippen LogP contribution in [0.25, 0.3) is 11.5 Å². The molecule has 1 aliphatic rings. The Hall–Kier alpha value is -4.01. The summed E-state index contributed by atoms with van der Waals surface area (Å²) in [4.78, 5) is 30.5. The van der Waals surface area contributed by atoms with E-state index >= 15 is 0 Å². The van der Waals surface area contributed by atoms with E-state index in [4.69, 9.17) is 0 Å². The summed E-state index contributed by atoms with van der Waals surface area (Å²) >= 11 is 0. The first-order valence-electron chi connectivity index (χ1n) is 10.6. The number of amides is 1. The second kappa shape index (κ2) is 8.26. The van der Waals surface area contributed by atoms with Gasteiger partial charge < -0.3 is 9.80 Å². The number of carbonyl (C=O) groups excluding carboxylic acids is 1. The molecule has 9 heteroatoms. The number of para-hydroxylation sites is 1. The van der Waals surface area contributed by atoms with Gasteiger partial charge in [0.15, 0.2) is 0 Å². The molecule has 1 amide bonds. The molecule has 1 saturated heterocycles. The average molecular weight is 429 g/mol. The fraction of sp³-hybridized carbons (Fsp3) is 0.261. The SMILES string of the molecule is Cc1nc(N2CCN(C(=O)c3cnn(-c4ccccc4)c3C)CC2)cc(-n2ccnc2)n1. The van der Waals surface area contributed by atoms with Crippen LogP contribution in [0.1, 0.15) is 21.9 Å². The lowest BCUT2D eigenvalue weighted by Crippen LogP contribution is -2.49. The van der Waals surface area contributed by atoms with Gasteiger partial charge in [-0.3, -0.25) is 9.36 Å². The highest BCUT2D eigenvalue weighted by molar-refractivity contribution is 5.95. The Labute approximate surface area is 186 Å². The van der Waals surface area contributed by atoms with Gasteiger partial charge in [-0.05, 0) is 26.0 Å². The van der Waals surface area contributed by atoms with Gasteiger partial charge in [0.2, 0.25) is 0 Å². The van der Waals surface area contributed by atoms with E-state index in [1.54, 1.807) is 18.7 Å². The van der Waals surface area contributed by atoms with Gasteiger partial charge in [-0.2, -0.15) is 5.10 Å². The molecule has 0 spiro atoms. The van der Waals surface area contributed by atoms with Crippen molar-refractivity contribution in [3.05, 3.63) is 78.4 Å². The predicted molar refractivity (Wildman–Crippen MR) is 120 cm³/mol. The van der Waals surface area contributed by atoms with E-state index in [9.17, 15) is 4.79 Å². The molecule has 0 N–H and O–H groups in total. The van der Waals surface area contributed by atoms with Gasteiger partial charge in [-0.1, -0.05) is 18.2 Å². The molecule has 32 heavy (non-hydrogen) atoms. The molecule has 0 atom stereocenters. The normalized spacial score (nSPS) is 14.1. The number of carbonyl (C=O) groups is 1. The maximum absolute atomic E-state index is 13.2. The van der Waals surface area contributed by atoms with Crippen molar-refractivity contribution in [3.8, 4) is 11.5 Å². The molecule has 0 saturated carbocycles. The van der Waals surface area contributed by atoms with E-state index in [1.165, 1.54) is 0 Å². The first kappa shape index (κ1) is 19.9. The number of rotatable bonds is 4. The first-order valence-corrected chi connectivity index (χ1v) is 10.6. The number of benzene rings is 1. The largest absolute Gasteiger partial charge is 0.353 e. The standard InChI is InChI=1S/C23H24N8O/c1-17-20(15-25-31(17)19-6-4-3-5-7-19)23(32)29-12-10-28(11-13-29)21-14-22(27-18(2)26-21)30-9-8-24-16-30/h3-9,14-16H,10-13H2,1-2H3. The van der Waals surface area contributed by atoms with Crippen LogP contribution in [-0.2, 0) is 0 Å². The molecule has 3 aromatic heterocycles. The van der Waals surface area contributed by atoms with Gasteiger partial charge in [-0.15, -0.1) is 0 Å². The number of piperazine rings is 1. The number of hydrogen-bond acceptors (Lipinski definition) is 6. The first-order chi connectivity index (χ1) is 15.6. The molecule has 4 aromatic rings. The van der Waals surface area contributed by atoms with E-state index < -0.39 is 0 Å². The van der Waals surface area contributed by atoms with E-state index in [0.717, 1.165) is 23.0 Å². The average Bonchev–Trinajstić information content (AvgIpc) is 3.49. The summed E-state index contributed by atoms with van der Waals surface area (Å²) in [6.07, 6.45) is 6.98. The molecule has 0 aliphatic carbocycles. The zero-order valence-corrected chi connectivity index (χ0v) is 18.1. The minimum Gasteiger partial charge on any atom is -0.353 e. The Morgan fingerprint density at radius 3 is 2.44 bits per heavy atom. The van der Waals surface area contributed by atoms with Crippen LogP contribution in [0.4, 0.5) is 5.82 Å². The fourth-order valence-electron chi connectivity index (χ4n) is 3.98. The molecule has 1 fully saturated rings. The van der Waals surface area contributed by atoms with Crippen LogP contribution in [0.2, 0.25) is 0 Å². The quantitative estimate of drug-likeness (QED) is 0.496. The van der Waals surface area contributed by atoms with E-state index in [2.05, 4.69) is 25.0 Å². The summed E-state index contributed by atoms with van der Waals surface area (Å²) in [5, 5.41) is 4.44. The third-order valence-corrected chi connectivity index (χ3v) is 5.71. The third kappa shape index (κ3) is 3.73. The number of nitrogens with zero attached hydrogens (tertiary/aromatic N) is 8. The molecule has 0 radical (unpaired) electrons. The Kier molecular flexibility index (Phi) is 5.14. The Morgan fingerprint density at radius 2 is 1.72 bits per heavy atom. The van der Waals surface area contributed by atoms with Gasteiger partial charge in [0.1, 0.15) is 23.8 Å². The van der Waals surface area contributed by atoms with Crippen LogP contribution in [0.3, 0.4) is 0 Å². The lowest BCUT2D eigenvalue weighted by molar-refractivity contribution is 0.0745. The van der Waals surface area contributed by atoms with Crippen molar-refractivity contribution in [2.75, 3.05) is 31.1 Å². The summed E-state index contributed by atoms with van der Waals surface area (Å²) in [7, 11) is 0. The van der Waals surface area contributed by atoms with Crippen LogP contribution in [0, 0.1) is 13.8 Å². The molecule has 0 unspecified atom stereocenters. The van der Waals surface area contributed by atoms with Gasteiger partial charge in [0.05, 0.1) is 23.1 Å². The number of aryl methyl sites for hydroxylation is 1. The number of imidazole rings is 1. The monoisotopic (exact) mass is 428 g/mol. The minimum absolute atomic E-state index is 0.0160. The maximum atomic E-state index is 13.2. The second-order valence-corrected chi connectivity index (χ2v) is 7.77. The fourth-order valence-corrected chi connectivity index (χ4v) is 3.98. The highest BCUT2D eigenvalue weighted by atomic mass is 16.2. The third-order valence-electron chi connectivity index (χ3n) is 5.71. The number of anilines is 1. The van der Waals surface area contributed by atoms with Crippen molar-refractivity contribution in [2.45, 2.75) is 13.8 Å². The molecule has 5 rings (SSSR count). The summed E-state index contributed by atoms with van der Waals surface area (Å²) in [5.41, 5.74) is 2.43. The Morgan fingerprint density at radius 1 is 0.969 bits per heavy atom. The number of hydrogen-bond donors (Lipinski definition) is 0. The Balaban J connectivity index is 1.30. The molecular formula is C23H24N8O. The van der Waals surface area contributed by atoms with E-state index in [-0.39, 0.29) is 5.91 Å². The van der Waals surface area contributed by atoms with Crippen LogP contribution in [0.5, 0.6) is 0 Å². The van der Waals surface area contributed by atoms with Crippen molar-refractivity contribution in [1.29, 1.82) is 0 Å². The minimum atomic E-state index is 0.0160. The summed E-state index contributed by atoms with van der Waals surface area (Å²) in [6, 6.07) is 11.8. The summed E-state index contributed by atoms with van der Waals surface area (Å²) < 4.78 is 3.68. The van der Waals surface area contributed by atoms with Crippen LogP contribution in [0.15, 0.2) is 61.3 Å². The summed E-state index contributed by atoms with van der Waals surface area (Å²) in [5.74, 6) is 2.37. The van der Waals surface area contributed by atoms with Gasteiger partial charge >= 0.3 is 0 Å². The predicted octanol–water partition coefficient (Wildman–Crippen LogP) is 2.43. The molecule has 0 bridgehead atoms. The van der Waals surface area contributed by atoms with Crippen molar-refractivity contribution < 1.29 is 4.79 Å². The van der Waals surface area contributed by atoms with Crippen LogP contribution in [-0.4, -0.2) is 66.3 Å². The van der Waals surface area contributed by atoms with E-state index in [0.29, 0.717) is 37.6 Å². The smallest absolute Gasteiger partial charge is 0.257 e.